The first kappa shape index (κ1) is 34.8. The molecule has 0 spiro atoms. The van der Waals surface area contributed by atoms with Crippen LogP contribution in [-0.4, -0.2) is 64.8 Å². The van der Waals surface area contributed by atoms with Crippen LogP contribution < -0.4 is 25.0 Å². The van der Waals surface area contributed by atoms with Crippen LogP contribution in [0.4, 0.5) is 11.4 Å². The molecule has 0 aromatic heterocycles. The minimum atomic E-state index is -2.96. The summed E-state index contributed by atoms with van der Waals surface area (Å²) in [6, 6.07) is 19.7. The van der Waals surface area contributed by atoms with E-state index in [2.05, 4.69) is 16.0 Å². The number of halogens is 2. The largest absolute Gasteiger partial charge is 0.497 e. The second kappa shape index (κ2) is 16.4. The fraction of sp³-hybridized carbons (Fsp3) is 0.387. The van der Waals surface area contributed by atoms with E-state index in [1.54, 1.807) is 29.6 Å². The zero-order chi connectivity index (χ0) is 30.1. The van der Waals surface area contributed by atoms with Crippen molar-refractivity contribution < 1.29 is 23.7 Å². The highest BCUT2D eigenvalue weighted by Crippen LogP contribution is 2.50. The standard InChI is InChI=1S/C31H41ClN4O5S.ClH/c1-3-34-26-17-24(18-27(19-26)36-12-4-5-13-42(36,39)40)31(38)35-29(16-22-8-6-10-25(32)14-22)30(37)21-33-20-23-9-7-11-28(15-23)41-2;/h6-11,14-15,17-19,29-30,33-34,37,39-40H,3-5,12-13,16,20-21H2,1-2H3,(H,35,38);1H/t29-,30-;/m0./s1. The van der Waals surface area contributed by atoms with Crippen LogP contribution in [0.5, 0.6) is 5.75 Å². The highest BCUT2D eigenvalue weighted by molar-refractivity contribution is 8.25. The quantitative estimate of drug-likeness (QED) is 0.134. The van der Waals surface area contributed by atoms with Gasteiger partial charge in [0.25, 0.3) is 5.91 Å². The average molecular weight is 654 g/mol. The van der Waals surface area contributed by atoms with E-state index in [0.717, 1.165) is 29.7 Å². The predicted molar refractivity (Wildman–Crippen MR) is 179 cm³/mol. The maximum absolute atomic E-state index is 13.7. The molecule has 1 amide bonds. The Hall–Kier alpha value is -2.70. The number of aliphatic hydroxyl groups is 1. The van der Waals surface area contributed by atoms with Crippen LogP contribution >= 0.6 is 34.8 Å². The molecular formula is C31H42Cl2N4O5S. The summed E-state index contributed by atoms with van der Waals surface area (Å²) in [4.78, 5) is 13.7. The van der Waals surface area contributed by atoms with E-state index >= 15 is 0 Å². The molecule has 12 heteroatoms. The van der Waals surface area contributed by atoms with Gasteiger partial charge in [-0.1, -0.05) is 35.9 Å². The molecule has 0 radical (unpaired) electrons. The topological polar surface area (TPSA) is 126 Å². The summed E-state index contributed by atoms with van der Waals surface area (Å²) in [7, 11) is -1.35. The summed E-state index contributed by atoms with van der Waals surface area (Å²) in [5, 5.41) is 21.4. The summed E-state index contributed by atoms with van der Waals surface area (Å²) in [6.45, 7) is 3.84. The average Bonchev–Trinajstić information content (AvgIpc) is 2.96. The van der Waals surface area contributed by atoms with E-state index in [9.17, 15) is 19.0 Å². The third kappa shape index (κ3) is 9.90. The van der Waals surface area contributed by atoms with Crippen LogP contribution in [0.15, 0.2) is 66.7 Å². The van der Waals surface area contributed by atoms with Gasteiger partial charge in [-0.25, -0.2) is 0 Å². The zero-order valence-electron chi connectivity index (χ0n) is 24.5. The maximum atomic E-state index is 13.7. The molecule has 1 aliphatic heterocycles. The molecule has 0 bridgehead atoms. The van der Waals surface area contributed by atoms with Gasteiger partial charge in [0.15, 0.2) is 0 Å². The molecular weight excluding hydrogens is 611 g/mol. The highest BCUT2D eigenvalue weighted by atomic mass is 35.5. The van der Waals surface area contributed by atoms with Gasteiger partial charge in [-0.2, -0.15) is 0 Å². The number of nitrogens with one attached hydrogen (secondary N) is 3. The van der Waals surface area contributed by atoms with Gasteiger partial charge in [-0.15, -0.1) is 23.2 Å². The Labute approximate surface area is 266 Å². The second-order valence-electron chi connectivity index (χ2n) is 10.4. The highest BCUT2D eigenvalue weighted by Gasteiger charge is 2.28. The Balaban J connectivity index is 0.00000506. The molecule has 1 saturated heterocycles. The van der Waals surface area contributed by atoms with E-state index in [0.29, 0.717) is 53.8 Å². The lowest BCUT2D eigenvalue weighted by molar-refractivity contribution is 0.0830. The molecule has 0 unspecified atom stereocenters. The summed E-state index contributed by atoms with van der Waals surface area (Å²) in [5.41, 5.74) is 3.52. The molecule has 4 rings (SSSR count). The molecule has 43 heavy (non-hydrogen) atoms. The Bertz CT molecular complexity index is 1350. The van der Waals surface area contributed by atoms with Gasteiger partial charge < -0.3 is 25.8 Å². The van der Waals surface area contributed by atoms with Gasteiger partial charge in [-0.05, 0) is 79.8 Å². The first-order valence-electron chi connectivity index (χ1n) is 14.2. The minimum absolute atomic E-state index is 0. The number of carbonyl (C=O) groups is 1. The van der Waals surface area contributed by atoms with Crippen LogP contribution in [0, 0.1) is 0 Å². The van der Waals surface area contributed by atoms with Crippen LogP contribution in [0.2, 0.25) is 5.02 Å². The third-order valence-electron chi connectivity index (χ3n) is 7.17. The molecule has 0 aliphatic carbocycles. The smallest absolute Gasteiger partial charge is 0.251 e. The van der Waals surface area contributed by atoms with Crippen LogP contribution in [0.25, 0.3) is 0 Å². The zero-order valence-corrected chi connectivity index (χ0v) is 26.9. The SMILES string of the molecule is CCNc1cc(C(=O)N[C@@H](Cc2cccc(Cl)c2)[C@@H](O)CNCc2cccc(OC)c2)cc(N2CCCCS2(O)O)c1.Cl. The summed E-state index contributed by atoms with van der Waals surface area (Å²) in [6.07, 6.45) is 1.03. The lowest BCUT2D eigenvalue weighted by Gasteiger charge is -2.47. The van der Waals surface area contributed by atoms with Crippen molar-refractivity contribution in [2.75, 3.05) is 42.1 Å². The van der Waals surface area contributed by atoms with E-state index in [-0.39, 0.29) is 24.9 Å². The normalized spacial score (nSPS) is 16.4. The molecule has 2 atom stereocenters. The molecule has 1 fully saturated rings. The Morgan fingerprint density at radius 3 is 2.56 bits per heavy atom. The number of hydrogen-bond acceptors (Lipinski definition) is 8. The Kier molecular flexibility index (Phi) is 13.3. The molecule has 6 N–H and O–H groups in total. The number of rotatable bonds is 13. The van der Waals surface area contributed by atoms with Crippen molar-refractivity contribution in [3.63, 3.8) is 0 Å². The number of hydrogen-bond donors (Lipinski definition) is 6. The van der Waals surface area contributed by atoms with Crippen LogP contribution in [0.3, 0.4) is 0 Å². The van der Waals surface area contributed by atoms with Crippen molar-refractivity contribution >= 4 is 52.1 Å². The summed E-state index contributed by atoms with van der Waals surface area (Å²) < 4.78 is 28.3. The van der Waals surface area contributed by atoms with Gasteiger partial charge in [0.1, 0.15) is 5.75 Å². The van der Waals surface area contributed by atoms with E-state index in [1.165, 1.54) is 0 Å². The molecule has 236 valence electrons. The molecule has 1 heterocycles. The van der Waals surface area contributed by atoms with Gasteiger partial charge in [0.05, 0.1) is 30.7 Å². The van der Waals surface area contributed by atoms with Crippen molar-refractivity contribution in [2.45, 2.75) is 44.9 Å². The molecule has 0 saturated carbocycles. The van der Waals surface area contributed by atoms with Crippen molar-refractivity contribution in [3.8, 4) is 5.75 Å². The van der Waals surface area contributed by atoms with Crippen molar-refractivity contribution in [3.05, 3.63) is 88.4 Å². The van der Waals surface area contributed by atoms with Crippen molar-refractivity contribution in [1.82, 2.24) is 10.6 Å². The van der Waals surface area contributed by atoms with Gasteiger partial charge in [0, 0.05) is 42.5 Å². The number of aliphatic hydroxyl groups excluding tert-OH is 1. The van der Waals surface area contributed by atoms with Crippen molar-refractivity contribution in [1.29, 1.82) is 0 Å². The number of anilines is 2. The van der Waals surface area contributed by atoms with Crippen molar-refractivity contribution in [2.24, 2.45) is 0 Å². The van der Waals surface area contributed by atoms with E-state index in [4.69, 9.17) is 16.3 Å². The van der Waals surface area contributed by atoms with Gasteiger partial charge in [0.2, 0.25) is 0 Å². The number of nitrogens with zero attached hydrogens (tertiary/aromatic N) is 1. The lowest BCUT2D eigenvalue weighted by atomic mass is 10.00. The fourth-order valence-electron chi connectivity index (χ4n) is 5.04. The van der Waals surface area contributed by atoms with Gasteiger partial charge in [-0.3, -0.25) is 18.2 Å². The number of carbonyl (C=O) groups excluding carboxylic acids is 1. The molecule has 1 aliphatic rings. The van der Waals surface area contributed by atoms with E-state index in [1.807, 2.05) is 55.5 Å². The minimum Gasteiger partial charge on any atom is -0.497 e. The number of benzene rings is 3. The number of methoxy groups -OCH3 is 1. The van der Waals surface area contributed by atoms with Crippen LogP contribution in [-0.2, 0) is 13.0 Å². The number of amides is 1. The molecule has 3 aromatic carbocycles. The fourth-order valence-corrected chi connectivity index (χ4v) is 6.93. The third-order valence-corrected chi connectivity index (χ3v) is 9.34. The molecule has 3 aromatic rings. The van der Waals surface area contributed by atoms with E-state index < -0.39 is 22.9 Å². The molecule has 9 nitrogen and oxygen atoms in total. The lowest BCUT2D eigenvalue weighted by Crippen LogP contribution is -2.48. The summed E-state index contributed by atoms with van der Waals surface area (Å²) in [5.74, 6) is 0.686. The van der Waals surface area contributed by atoms with Gasteiger partial charge >= 0.3 is 0 Å². The second-order valence-corrected chi connectivity index (χ2v) is 13.0. The summed E-state index contributed by atoms with van der Waals surface area (Å²) >= 11 is 6.22. The van der Waals surface area contributed by atoms with Crippen LogP contribution in [0.1, 0.15) is 41.3 Å². The number of ether oxygens (including phenoxy) is 1. The monoisotopic (exact) mass is 652 g/mol. The maximum Gasteiger partial charge on any atom is 0.251 e. The first-order valence-corrected chi connectivity index (χ1v) is 16.2. The first-order chi connectivity index (χ1) is 20.2. The Morgan fingerprint density at radius 1 is 1.07 bits per heavy atom. The predicted octanol–water partition coefficient (Wildman–Crippen LogP) is 5.96. The Morgan fingerprint density at radius 2 is 1.84 bits per heavy atom.